The Morgan fingerprint density at radius 1 is 1.20 bits per heavy atom. The number of rotatable bonds is 2. The van der Waals surface area contributed by atoms with Crippen molar-refractivity contribution < 1.29 is 27.2 Å². The lowest BCUT2D eigenvalue weighted by atomic mass is 9.99. The number of nitrogens with zero attached hydrogens (tertiary/aromatic N) is 1. The Balaban J connectivity index is 1.68. The van der Waals surface area contributed by atoms with Gasteiger partial charge in [-0.1, -0.05) is 12.1 Å². The monoisotopic (exact) mass is 358 g/mol. The molecule has 1 N–H and O–H groups in total. The second kappa shape index (κ2) is 6.65. The Kier molecular flexibility index (Phi) is 4.71. The molecule has 2 aliphatic rings. The summed E-state index contributed by atoms with van der Waals surface area (Å²) in [7, 11) is 0. The molecule has 2 aliphatic heterocycles. The van der Waals surface area contributed by atoms with Crippen LogP contribution in [0.3, 0.4) is 0 Å². The zero-order valence-corrected chi connectivity index (χ0v) is 13.4. The largest absolute Gasteiger partial charge is 0.416 e. The fourth-order valence-corrected chi connectivity index (χ4v) is 3.45. The second-order valence-electron chi connectivity index (χ2n) is 6.55. The summed E-state index contributed by atoms with van der Waals surface area (Å²) >= 11 is 0. The zero-order valence-electron chi connectivity index (χ0n) is 13.4. The average molecular weight is 358 g/mol. The second-order valence-corrected chi connectivity index (χ2v) is 6.55. The number of nitrogens with one attached hydrogen (secondary N) is 1. The van der Waals surface area contributed by atoms with E-state index < -0.39 is 23.8 Å². The number of halogens is 4. The number of amides is 2. The summed E-state index contributed by atoms with van der Waals surface area (Å²) in [6.07, 6.45) is -4.55. The highest BCUT2D eigenvalue weighted by Gasteiger charge is 2.39. The number of carbonyl (C=O) groups excluding carboxylic acids is 2. The molecule has 4 nitrogen and oxygen atoms in total. The summed E-state index contributed by atoms with van der Waals surface area (Å²) in [5.41, 5.74) is -0.990. The zero-order chi connectivity index (χ0) is 18.2. The van der Waals surface area contributed by atoms with Crippen LogP contribution in [0.1, 0.15) is 36.6 Å². The molecule has 0 spiro atoms. The minimum absolute atomic E-state index is 0.0682. The molecule has 0 aromatic heterocycles. The highest BCUT2D eigenvalue weighted by molar-refractivity contribution is 5.83. The maximum absolute atomic E-state index is 14.5. The van der Waals surface area contributed by atoms with Crippen molar-refractivity contribution in [2.45, 2.75) is 37.7 Å². The van der Waals surface area contributed by atoms with Crippen LogP contribution in [0.25, 0.3) is 0 Å². The lowest BCUT2D eigenvalue weighted by Gasteiger charge is -2.20. The van der Waals surface area contributed by atoms with Gasteiger partial charge in [0.15, 0.2) is 0 Å². The SMILES string of the molecule is O=C1CCCC2CN(C(=O)C(F)c3ccc(C(F)(F)F)cc3)CC2N1. The smallest absolute Gasteiger partial charge is 0.351 e. The Morgan fingerprint density at radius 3 is 2.52 bits per heavy atom. The first-order chi connectivity index (χ1) is 11.8. The van der Waals surface area contributed by atoms with Crippen LogP contribution in [0.15, 0.2) is 24.3 Å². The van der Waals surface area contributed by atoms with Crippen molar-refractivity contribution in [3.8, 4) is 0 Å². The lowest BCUT2D eigenvalue weighted by Crippen LogP contribution is -2.39. The summed E-state index contributed by atoms with van der Waals surface area (Å²) in [5, 5.41) is 2.85. The van der Waals surface area contributed by atoms with E-state index in [1.165, 1.54) is 4.90 Å². The first kappa shape index (κ1) is 17.7. The number of carbonyl (C=O) groups is 2. The normalized spacial score (nSPS) is 25.1. The van der Waals surface area contributed by atoms with Gasteiger partial charge in [0.25, 0.3) is 5.91 Å². The molecular formula is C17H18F4N2O2. The van der Waals surface area contributed by atoms with Crippen LogP contribution in [-0.4, -0.2) is 35.8 Å². The van der Waals surface area contributed by atoms with Crippen LogP contribution < -0.4 is 5.32 Å². The van der Waals surface area contributed by atoms with E-state index in [0.29, 0.717) is 13.0 Å². The molecule has 0 aliphatic carbocycles. The molecule has 0 radical (unpaired) electrons. The van der Waals surface area contributed by atoms with Crippen molar-refractivity contribution in [3.05, 3.63) is 35.4 Å². The van der Waals surface area contributed by atoms with E-state index in [1.54, 1.807) is 0 Å². The van der Waals surface area contributed by atoms with E-state index in [2.05, 4.69) is 5.32 Å². The maximum Gasteiger partial charge on any atom is 0.416 e. The summed E-state index contributed by atoms with van der Waals surface area (Å²) in [6, 6.07) is 3.33. The summed E-state index contributed by atoms with van der Waals surface area (Å²) in [6.45, 7) is 0.584. The molecule has 136 valence electrons. The Labute approximate surface area is 142 Å². The quantitative estimate of drug-likeness (QED) is 0.827. The summed E-state index contributed by atoms with van der Waals surface area (Å²) < 4.78 is 52.2. The Bertz CT molecular complexity index is 660. The number of likely N-dealkylation sites (tertiary alicyclic amines) is 1. The van der Waals surface area contributed by atoms with Gasteiger partial charge in [0.05, 0.1) is 11.6 Å². The number of alkyl halides is 4. The van der Waals surface area contributed by atoms with Crippen molar-refractivity contribution in [3.63, 3.8) is 0 Å². The summed E-state index contributed by atoms with van der Waals surface area (Å²) in [5.74, 6) is -0.751. The van der Waals surface area contributed by atoms with Crippen LogP contribution in [0, 0.1) is 5.92 Å². The highest BCUT2D eigenvalue weighted by Crippen LogP contribution is 2.32. The molecule has 1 aromatic carbocycles. The molecule has 2 saturated heterocycles. The average Bonchev–Trinajstić information content (AvgIpc) is 2.87. The van der Waals surface area contributed by atoms with Gasteiger partial charge < -0.3 is 10.2 Å². The van der Waals surface area contributed by atoms with Crippen molar-refractivity contribution in [2.75, 3.05) is 13.1 Å². The predicted octanol–water partition coefficient (Wildman–Crippen LogP) is 2.84. The highest BCUT2D eigenvalue weighted by atomic mass is 19.4. The molecule has 2 fully saturated rings. The van der Waals surface area contributed by atoms with E-state index in [-0.39, 0.29) is 30.0 Å². The number of fused-ring (bicyclic) bond motifs is 1. The molecule has 2 heterocycles. The molecule has 3 unspecified atom stereocenters. The van der Waals surface area contributed by atoms with E-state index in [4.69, 9.17) is 0 Å². The van der Waals surface area contributed by atoms with E-state index in [1.807, 2.05) is 0 Å². The Hall–Kier alpha value is -2.12. The first-order valence-electron chi connectivity index (χ1n) is 8.15. The molecule has 3 rings (SSSR count). The fourth-order valence-electron chi connectivity index (χ4n) is 3.45. The minimum atomic E-state index is -4.50. The predicted molar refractivity (Wildman–Crippen MR) is 81.1 cm³/mol. The van der Waals surface area contributed by atoms with Gasteiger partial charge in [0.1, 0.15) is 0 Å². The van der Waals surface area contributed by atoms with E-state index in [0.717, 1.165) is 37.1 Å². The van der Waals surface area contributed by atoms with Gasteiger partial charge >= 0.3 is 6.18 Å². The van der Waals surface area contributed by atoms with Gasteiger partial charge in [0, 0.05) is 19.5 Å². The van der Waals surface area contributed by atoms with Crippen molar-refractivity contribution in [2.24, 2.45) is 5.92 Å². The van der Waals surface area contributed by atoms with Gasteiger partial charge in [-0.05, 0) is 36.5 Å². The molecule has 0 saturated carbocycles. The van der Waals surface area contributed by atoms with Crippen molar-refractivity contribution >= 4 is 11.8 Å². The van der Waals surface area contributed by atoms with Crippen LogP contribution in [0.5, 0.6) is 0 Å². The molecule has 0 bridgehead atoms. The number of hydrogen-bond donors (Lipinski definition) is 1. The van der Waals surface area contributed by atoms with Crippen LogP contribution >= 0.6 is 0 Å². The van der Waals surface area contributed by atoms with Gasteiger partial charge in [-0.25, -0.2) is 4.39 Å². The molecule has 25 heavy (non-hydrogen) atoms. The third-order valence-electron chi connectivity index (χ3n) is 4.83. The third kappa shape index (κ3) is 3.77. The Morgan fingerprint density at radius 2 is 1.88 bits per heavy atom. The standard InChI is InChI=1S/C17H18F4N2O2/c18-15(10-4-6-12(7-5-10)17(19,20)21)16(25)23-8-11-2-1-3-14(24)22-13(11)9-23/h4-7,11,13,15H,1-3,8-9H2,(H,22,24). The van der Waals surface area contributed by atoms with Crippen molar-refractivity contribution in [1.29, 1.82) is 0 Å². The topological polar surface area (TPSA) is 49.4 Å². The maximum atomic E-state index is 14.5. The van der Waals surface area contributed by atoms with Crippen molar-refractivity contribution in [1.82, 2.24) is 10.2 Å². The third-order valence-corrected chi connectivity index (χ3v) is 4.83. The van der Waals surface area contributed by atoms with Crippen LogP contribution in [-0.2, 0) is 15.8 Å². The van der Waals surface area contributed by atoms with E-state index in [9.17, 15) is 27.2 Å². The number of benzene rings is 1. The molecular weight excluding hydrogens is 340 g/mol. The van der Waals surface area contributed by atoms with Gasteiger partial charge in [-0.15, -0.1) is 0 Å². The van der Waals surface area contributed by atoms with Crippen LogP contribution in [0.4, 0.5) is 17.6 Å². The number of hydrogen-bond acceptors (Lipinski definition) is 2. The van der Waals surface area contributed by atoms with Crippen LogP contribution in [0.2, 0.25) is 0 Å². The fraction of sp³-hybridized carbons (Fsp3) is 0.529. The van der Waals surface area contributed by atoms with Gasteiger partial charge in [0.2, 0.25) is 12.1 Å². The van der Waals surface area contributed by atoms with Gasteiger partial charge in [-0.2, -0.15) is 13.2 Å². The first-order valence-corrected chi connectivity index (χ1v) is 8.15. The summed E-state index contributed by atoms with van der Waals surface area (Å²) in [4.78, 5) is 25.3. The van der Waals surface area contributed by atoms with E-state index >= 15 is 0 Å². The van der Waals surface area contributed by atoms with Gasteiger partial charge in [-0.3, -0.25) is 9.59 Å². The molecule has 2 amide bonds. The molecule has 3 atom stereocenters. The lowest BCUT2D eigenvalue weighted by molar-refractivity contribution is -0.137. The molecule has 8 heteroatoms. The molecule has 1 aromatic rings. The minimum Gasteiger partial charge on any atom is -0.351 e.